The first-order valence-electron chi connectivity index (χ1n) is 8.78. The number of hydrogen-bond donors (Lipinski definition) is 0. The second-order valence-electron chi connectivity index (χ2n) is 8.29. The Bertz CT molecular complexity index is 429. The average molecular weight is 276 g/mol. The van der Waals surface area contributed by atoms with Crippen LogP contribution in [0.5, 0.6) is 0 Å². The third-order valence-corrected chi connectivity index (χ3v) is 7.27. The molecular formula is C18H28O2. The van der Waals surface area contributed by atoms with Crippen molar-refractivity contribution in [2.24, 2.45) is 41.4 Å². The van der Waals surface area contributed by atoms with Crippen molar-refractivity contribution in [1.29, 1.82) is 0 Å². The molecule has 4 aliphatic rings. The fourth-order valence-electron chi connectivity index (χ4n) is 6.61. The van der Waals surface area contributed by atoms with Crippen LogP contribution in [0.25, 0.3) is 0 Å². The van der Waals surface area contributed by atoms with E-state index in [1.165, 1.54) is 25.7 Å². The van der Waals surface area contributed by atoms with E-state index in [9.17, 15) is 4.79 Å². The normalized spacial score (nSPS) is 51.8. The van der Waals surface area contributed by atoms with Crippen molar-refractivity contribution in [3.05, 3.63) is 0 Å². The van der Waals surface area contributed by atoms with E-state index >= 15 is 0 Å². The highest BCUT2D eigenvalue weighted by atomic mass is 16.6. The summed E-state index contributed by atoms with van der Waals surface area (Å²) in [6, 6.07) is 0. The second-order valence-corrected chi connectivity index (χ2v) is 8.29. The Morgan fingerprint density at radius 2 is 1.85 bits per heavy atom. The van der Waals surface area contributed by atoms with Gasteiger partial charge < -0.3 is 4.74 Å². The lowest BCUT2D eigenvalue weighted by molar-refractivity contribution is -0.176. The first kappa shape index (κ1) is 13.2. The van der Waals surface area contributed by atoms with Gasteiger partial charge in [-0.05, 0) is 68.1 Å². The maximum Gasteiger partial charge on any atom is 0.308 e. The quantitative estimate of drug-likeness (QED) is 0.574. The molecule has 4 fully saturated rings. The van der Waals surface area contributed by atoms with Gasteiger partial charge in [-0.3, -0.25) is 4.79 Å². The van der Waals surface area contributed by atoms with Crippen LogP contribution in [-0.4, -0.2) is 11.6 Å². The van der Waals surface area contributed by atoms with E-state index in [2.05, 4.69) is 6.92 Å². The molecule has 4 rings (SSSR count). The maximum absolute atomic E-state index is 12.2. The molecule has 0 radical (unpaired) electrons. The molecule has 4 aliphatic carbocycles. The highest BCUT2D eigenvalue weighted by Crippen LogP contribution is 2.70. The molecule has 0 N–H and O–H groups in total. The van der Waals surface area contributed by atoms with Gasteiger partial charge in [-0.1, -0.05) is 20.8 Å². The molecule has 4 saturated carbocycles. The van der Waals surface area contributed by atoms with Crippen molar-refractivity contribution < 1.29 is 9.53 Å². The summed E-state index contributed by atoms with van der Waals surface area (Å²) >= 11 is 0. The summed E-state index contributed by atoms with van der Waals surface area (Å²) in [5.41, 5.74) is -0.0995. The van der Waals surface area contributed by atoms with Crippen molar-refractivity contribution in [2.75, 3.05) is 0 Å². The lowest BCUT2D eigenvalue weighted by Gasteiger charge is -2.45. The van der Waals surface area contributed by atoms with Crippen LogP contribution >= 0.6 is 0 Å². The summed E-state index contributed by atoms with van der Waals surface area (Å²) < 4.78 is 6.12. The average Bonchev–Trinajstić information content (AvgIpc) is 3.15. The zero-order chi connectivity index (χ0) is 14.1. The Balaban J connectivity index is 1.60. The van der Waals surface area contributed by atoms with Crippen molar-refractivity contribution in [3.63, 3.8) is 0 Å². The number of fused-ring (bicyclic) bond motifs is 9. The minimum Gasteiger partial charge on any atom is -0.459 e. The zero-order valence-corrected chi connectivity index (χ0v) is 13.1. The lowest BCUT2D eigenvalue weighted by Crippen LogP contribution is -2.48. The van der Waals surface area contributed by atoms with Crippen molar-refractivity contribution in [1.82, 2.24) is 0 Å². The summed E-state index contributed by atoms with van der Waals surface area (Å²) in [6.45, 7) is 6.15. The molecule has 7 atom stereocenters. The van der Waals surface area contributed by atoms with Gasteiger partial charge in [0.15, 0.2) is 0 Å². The van der Waals surface area contributed by atoms with Crippen LogP contribution in [0.4, 0.5) is 0 Å². The Kier molecular flexibility index (Phi) is 2.79. The van der Waals surface area contributed by atoms with Crippen LogP contribution in [0.3, 0.4) is 0 Å². The SMILES string of the molecule is CCC1(OC(=O)C(C)C)CC2CC1C1C3CCC(C3)C21. The van der Waals surface area contributed by atoms with Gasteiger partial charge in [0.05, 0.1) is 5.92 Å². The van der Waals surface area contributed by atoms with Gasteiger partial charge in [0.2, 0.25) is 0 Å². The van der Waals surface area contributed by atoms with Gasteiger partial charge in [0.1, 0.15) is 5.60 Å². The van der Waals surface area contributed by atoms with Crippen molar-refractivity contribution >= 4 is 5.97 Å². The van der Waals surface area contributed by atoms with E-state index in [1.807, 2.05) is 13.8 Å². The minimum atomic E-state index is -0.0995. The summed E-state index contributed by atoms with van der Waals surface area (Å²) in [6.07, 6.45) is 7.96. The number of esters is 1. The predicted octanol–water partition coefficient (Wildman–Crippen LogP) is 4.04. The summed E-state index contributed by atoms with van der Waals surface area (Å²) in [4.78, 5) is 12.2. The van der Waals surface area contributed by atoms with E-state index in [0.717, 1.165) is 42.4 Å². The molecule has 0 saturated heterocycles. The molecule has 20 heavy (non-hydrogen) atoms. The standard InChI is InChI=1S/C18H28O2/c1-4-18(20-17(19)10(2)3)9-13-8-14(18)16-12-6-5-11(7-12)15(13)16/h10-16H,4-9H2,1-3H3. The largest absolute Gasteiger partial charge is 0.459 e. The zero-order valence-electron chi connectivity index (χ0n) is 13.1. The van der Waals surface area contributed by atoms with Crippen LogP contribution in [0, 0.1) is 41.4 Å². The van der Waals surface area contributed by atoms with Gasteiger partial charge in [-0.2, -0.15) is 0 Å². The van der Waals surface area contributed by atoms with Gasteiger partial charge in [0.25, 0.3) is 0 Å². The van der Waals surface area contributed by atoms with E-state index in [4.69, 9.17) is 4.74 Å². The van der Waals surface area contributed by atoms with E-state index in [1.54, 1.807) is 0 Å². The van der Waals surface area contributed by atoms with E-state index < -0.39 is 0 Å². The van der Waals surface area contributed by atoms with Crippen molar-refractivity contribution in [2.45, 2.75) is 64.9 Å². The Labute approximate surface area is 122 Å². The molecule has 0 spiro atoms. The molecule has 0 amide bonds. The van der Waals surface area contributed by atoms with Crippen LogP contribution in [0.15, 0.2) is 0 Å². The van der Waals surface area contributed by atoms with Crippen LogP contribution < -0.4 is 0 Å². The Hall–Kier alpha value is -0.530. The Morgan fingerprint density at radius 1 is 1.15 bits per heavy atom. The molecule has 7 unspecified atom stereocenters. The van der Waals surface area contributed by atoms with Crippen LogP contribution in [0.1, 0.15) is 59.3 Å². The second kappa shape index (κ2) is 4.24. The number of carbonyl (C=O) groups is 1. The summed E-state index contributed by atoms with van der Waals surface area (Å²) in [5, 5.41) is 0. The Morgan fingerprint density at radius 3 is 2.50 bits per heavy atom. The summed E-state index contributed by atoms with van der Waals surface area (Å²) in [7, 11) is 0. The minimum absolute atomic E-state index is 0.00776. The number of rotatable bonds is 3. The van der Waals surface area contributed by atoms with Gasteiger partial charge in [-0.25, -0.2) is 0 Å². The third kappa shape index (κ3) is 1.54. The first-order chi connectivity index (χ1) is 9.55. The maximum atomic E-state index is 12.2. The van der Waals surface area contributed by atoms with Gasteiger partial charge >= 0.3 is 5.97 Å². The van der Waals surface area contributed by atoms with Gasteiger partial charge in [0, 0.05) is 5.92 Å². The van der Waals surface area contributed by atoms with E-state index in [0.29, 0.717) is 5.92 Å². The summed E-state index contributed by atoms with van der Waals surface area (Å²) in [5.74, 6) is 5.46. The molecular weight excluding hydrogens is 248 g/mol. The highest BCUT2D eigenvalue weighted by molar-refractivity contribution is 5.72. The van der Waals surface area contributed by atoms with Crippen LogP contribution in [-0.2, 0) is 9.53 Å². The van der Waals surface area contributed by atoms with Crippen LogP contribution in [0.2, 0.25) is 0 Å². The molecule has 0 aromatic rings. The highest BCUT2D eigenvalue weighted by Gasteiger charge is 2.67. The van der Waals surface area contributed by atoms with E-state index in [-0.39, 0.29) is 17.5 Å². The fourth-order valence-corrected chi connectivity index (χ4v) is 6.61. The smallest absolute Gasteiger partial charge is 0.308 e. The first-order valence-corrected chi connectivity index (χ1v) is 8.78. The number of ether oxygens (including phenoxy) is 1. The number of carbonyl (C=O) groups excluding carboxylic acids is 1. The number of hydrogen-bond acceptors (Lipinski definition) is 2. The third-order valence-electron chi connectivity index (χ3n) is 7.27. The monoisotopic (exact) mass is 276 g/mol. The predicted molar refractivity (Wildman–Crippen MR) is 78.0 cm³/mol. The molecule has 0 aliphatic heterocycles. The molecule has 0 aromatic carbocycles. The molecule has 112 valence electrons. The molecule has 2 heteroatoms. The fraction of sp³-hybridized carbons (Fsp3) is 0.944. The van der Waals surface area contributed by atoms with Gasteiger partial charge in [-0.15, -0.1) is 0 Å². The molecule has 4 bridgehead atoms. The topological polar surface area (TPSA) is 26.3 Å². The van der Waals surface area contributed by atoms with Crippen molar-refractivity contribution in [3.8, 4) is 0 Å². The lowest BCUT2D eigenvalue weighted by atomic mass is 9.65. The molecule has 0 aromatic heterocycles. The molecule has 2 nitrogen and oxygen atoms in total. The molecule has 0 heterocycles.